The Bertz CT molecular complexity index is 909. The first-order valence-electron chi connectivity index (χ1n) is 9.76. The molecule has 2 fully saturated rings. The van der Waals surface area contributed by atoms with E-state index in [9.17, 15) is 22.8 Å². The van der Waals surface area contributed by atoms with Crippen LogP contribution in [0, 0.1) is 11.8 Å². The number of fused-ring (bicyclic) bond motifs is 1. The minimum absolute atomic E-state index is 0.155. The second-order valence-corrected chi connectivity index (χ2v) is 7.67. The maximum atomic E-state index is 12.8. The number of carbonyl (C=O) groups excluding carboxylic acids is 2. The average molecular weight is 418 g/mol. The Morgan fingerprint density at radius 1 is 0.900 bits per heavy atom. The third kappa shape index (κ3) is 4.48. The van der Waals surface area contributed by atoms with Crippen LogP contribution in [-0.4, -0.2) is 47.6 Å². The third-order valence-electron chi connectivity index (χ3n) is 5.57. The Balaban J connectivity index is 1.36. The molecule has 0 unspecified atom stereocenters. The lowest BCUT2D eigenvalue weighted by Crippen LogP contribution is -2.37. The molecule has 2 aliphatic heterocycles. The van der Waals surface area contributed by atoms with Gasteiger partial charge in [0.05, 0.1) is 11.8 Å². The summed E-state index contributed by atoms with van der Waals surface area (Å²) in [5.41, 5.74) is 1.70. The Labute approximate surface area is 172 Å². The Morgan fingerprint density at radius 2 is 1.53 bits per heavy atom. The Kier molecular flexibility index (Phi) is 5.51. The molecule has 2 saturated heterocycles. The number of hydrogen-bond acceptors (Lipinski definition) is 4. The minimum Gasteiger partial charge on any atom is -0.406 e. The third-order valence-corrected chi connectivity index (χ3v) is 5.57. The number of likely N-dealkylation sites (tertiary alicyclic amines) is 2. The number of alkyl halides is 3. The number of amides is 2. The highest BCUT2D eigenvalue weighted by molar-refractivity contribution is 6.05. The van der Waals surface area contributed by atoms with E-state index in [4.69, 9.17) is 0 Å². The second kappa shape index (κ2) is 8.10. The van der Waals surface area contributed by atoms with E-state index in [1.54, 1.807) is 6.07 Å². The van der Waals surface area contributed by atoms with Gasteiger partial charge in [-0.05, 0) is 29.7 Å². The van der Waals surface area contributed by atoms with E-state index in [1.807, 2.05) is 35.2 Å². The zero-order valence-corrected chi connectivity index (χ0v) is 16.1. The molecule has 0 N–H and O–H groups in total. The lowest BCUT2D eigenvalue weighted by Gasteiger charge is -2.21. The lowest BCUT2D eigenvalue weighted by atomic mass is 10.00. The van der Waals surface area contributed by atoms with Crippen molar-refractivity contribution in [3.8, 4) is 5.75 Å². The van der Waals surface area contributed by atoms with Crippen LogP contribution in [0.3, 0.4) is 0 Å². The molecule has 30 heavy (non-hydrogen) atoms. The minimum atomic E-state index is -4.74. The van der Waals surface area contributed by atoms with Crippen LogP contribution in [0.1, 0.15) is 11.1 Å². The molecule has 2 aliphatic rings. The molecule has 2 aromatic carbocycles. The fourth-order valence-electron chi connectivity index (χ4n) is 4.23. The number of ether oxygens (including phenoxy) is 1. The number of benzene rings is 2. The molecule has 0 aliphatic carbocycles. The van der Waals surface area contributed by atoms with Gasteiger partial charge in [-0.25, -0.2) is 0 Å². The van der Waals surface area contributed by atoms with Gasteiger partial charge < -0.3 is 4.74 Å². The highest BCUT2D eigenvalue weighted by atomic mass is 19.4. The van der Waals surface area contributed by atoms with Crippen molar-refractivity contribution in [2.75, 3.05) is 19.6 Å². The molecule has 8 heteroatoms. The van der Waals surface area contributed by atoms with Crippen molar-refractivity contribution in [3.05, 3.63) is 65.7 Å². The molecule has 2 atom stereocenters. The highest BCUT2D eigenvalue weighted by Gasteiger charge is 2.51. The van der Waals surface area contributed by atoms with Gasteiger partial charge in [0.25, 0.3) is 0 Å². The fourth-order valence-corrected chi connectivity index (χ4v) is 4.23. The highest BCUT2D eigenvalue weighted by Crippen LogP contribution is 2.34. The molecule has 0 aromatic heterocycles. The molecule has 0 saturated carbocycles. The lowest BCUT2D eigenvalue weighted by molar-refractivity contribution is -0.274. The van der Waals surface area contributed by atoms with E-state index in [2.05, 4.69) is 4.74 Å². The zero-order chi connectivity index (χ0) is 21.3. The number of halogens is 3. The molecular weight excluding hydrogens is 397 g/mol. The molecule has 4 rings (SSSR count). The van der Waals surface area contributed by atoms with Crippen LogP contribution in [0.25, 0.3) is 0 Å². The summed E-state index contributed by atoms with van der Waals surface area (Å²) < 4.78 is 41.2. The van der Waals surface area contributed by atoms with Gasteiger partial charge in [-0.3, -0.25) is 19.4 Å². The van der Waals surface area contributed by atoms with E-state index in [1.165, 1.54) is 23.1 Å². The summed E-state index contributed by atoms with van der Waals surface area (Å²) in [6.45, 7) is 1.56. The standard InChI is InChI=1S/C22H21F3N2O3/c23-22(24,25)30-17-8-4-7-16(11-17)12-26-13-18-19(14-26)21(29)27(20(18)28)10-9-15-5-2-1-3-6-15/h1-8,11,18-19H,9-10,12-14H2/t18-,19+. The van der Waals surface area contributed by atoms with Gasteiger partial charge in [0.15, 0.2) is 0 Å². The summed E-state index contributed by atoms with van der Waals surface area (Å²) in [4.78, 5) is 28.8. The zero-order valence-electron chi connectivity index (χ0n) is 16.1. The fraction of sp³-hybridized carbons (Fsp3) is 0.364. The molecule has 158 valence electrons. The van der Waals surface area contributed by atoms with Crippen molar-refractivity contribution in [2.24, 2.45) is 11.8 Å². The number of carbonyl (C=O) groups is 2. The van der Waals surface area contributed by atoms with Gasteiger partial charge in [-0.1, -0.05) is 42.5 Å². The van der Waals surface area contributed by atoms with Crippen LogP contribution < -0.4 is 4.74 Å². The van der Waals surface area contributed by atoms with E-state index in [0.29, 0.717) is 38.2 Å². The molecule has 0 spiro atoms. The van der Waals surface area contributed by atoms with Crippen LogP contribution in [-0.2, 0) is 22.6 Å². The summed E-state index contributed by atoms with van der Waals surface area (Å²) in [7, 11) is 0. The van der Waals surface area contributed by atoms with Crippen molar-refractivity contribution in [1.29, 1.82) is 0 Å². The van der Waals surface area contributed by atoms with Crippen molar-refractivity contribution >= 4 is 11.8 Å². The maximum absolute atomic E-state index is 12.8. The second-order valence-electron chi connectivity index (χ2n) is 7.67. The molecule has 5 nitrogen and oxygen atoms in total. The van der Waals surface area contributed by atoms with Gasteiger partial charge in [-0.2, -0.15) is 0 Å². The topological polar surface area (TPSA) is 49.9 Å². The van der Waals surface area contributed by atoms with E-state index < -0.39 is 6.36 Å². The normalized spacial score (nSPS) is 21.9. The summed E-state index contributed by atoms with van der Waals surface area (Å²) in [5, 5.41) is 0. The first-order chi connectivity index (χ1) is 14.3. The van der Waals surface area contributed by atoms with Crippen LogP contribution in [0.15, 0.2) is 54.6 Å². The molecule has 2 heterocycles. The summed E-state index contributed by atoms with van der Waals surface area (Å²) >= 11 is 0. The predicted octanol–water partition coefficient (Wildman–Crippen LogP) is 3.24. The SMILES string of the molecule is O=C1[C@H]2CN(Cc3cccc(OC(F)(F)F)c3)C[C@H]2C(=O)N1CCc1ccccc1. The van der Waals surface area contributed by atoms with Crippen molar-refractivity contribution in [1.82, 2.24) is 9.80 Å². The van der Waals surface area contributed by atoms with Gasteiger partial charge in [0.2, 0.25) is 11.8 Å². The number of nitrogens with zero attached hydrogens (tertiary/aromatic N) is 2. The number of rotatable bonds is 6. The molecule has 2 aromatic rings. The first kappa shape index (κ1) is 20.4. The number of imide groups is 1. The van der Waals surface area contributed by atoms with Crippen molar-refractivity contribution < 1.29 is 27.5 Å². The van der Waals surface area contributed by atoms with Gasteiger partial charge in [-0.15, -0.1) is 13.2 Å². The predicted molar refractivity (Wildman–Crippen MR) is 102 cm³/mol. The van der Waals surface area contributed by atoms with Gasteiger partial charge in [0, 0.05) is 26.2 Å². The maximum Gasteiger partial charge on any atom is 0.573 e. The van der Waals surface area contributed by atoms with Crippen LogP contribution in [0.4, 0.5) is 13.2 Å². The van der Waals surface area contributed by atoms with Gasteiger partial charge in [0.1, 0.15) is 5.75 Å². The van der Waals surface area contributed by atoms with E-state index in [0.717, 1.165) is 5.56 Å². The summed E-state index contributed by atoms with van der Waals surface area (Å²) in [6.07, 6.45) is -4.13. The largest absolute Gasteiger partial charge is 0.573 e. The van der Waals surface area contributed by atoms with Crippen LogP contribution in [0.2, 0.25) is 0 Å². The molecule has 2 amide bonds. The first-order valence-corrected chi connectivity index (χ1v) is 9.76. The number of hydrogen-bond donors (Lipinski definition) is 0. The average Bonchev–Trinajstić information content (AvgIpc) is 3.19. The van der Waals surface area contributed by atoms with Crippen LogP contribution in [0.5, 0.6) is 5.75 Å². The van der Waals surface area contributed by atoms with E-state index >= 15 is 0 Å². The van der Waals surface area contributed by atoms with E-state index in [-0.39, 0.29) is 29.4 Å². The van der Waals surface area contributed by atoms with Crippen molar-refractivity contribution in [3.63, 3.8) is 0 Å². The van der Waals surface area contributed by atoms with Crippen LogP contribution >= 0.6 is 0 Å². The monoisotopic (exact) mass is 418 g/mol. The van der Waals surface area contributed by atoms with Crippen molar-refractivity contribution in [2.45, 2.75) is 19.3 Å². The summed E-state index contributed by atoms with van der Waals surface area (Å²) in [6, 6.07) is 15.5. The molecule has 0 bridgehead atoms. The summed E-state index contributed by atoms with van der Waals surface area (Å²) in [5.74, 6) is -1.36. The Hall–Kier alpha value is -2.87. The van der Waals surface area contributed by atoms with Gasteiger partial charge >= 0.3 is 6.36 Å². The smallest absolute Gasteiger partial charge is 0.406 e. The molecule has 0 radical (unpaired) electrons. The quantitative estimate of drug-likeness (QED) is 0.676. The Morgan fingerprint density at radius 3 is 2.17 bits per heavy atom. The molecular formula is C22H21F3N2O3.